The third kappa shape index (κ3) is 2.00. The molecule has 3 rings (SSSR count). The van der Waals surface area contributed by atoms with E-state index in [1.165, 1.54) is 7.11 Å². The van der Waals surface area contributed by atoms with E-state index in [9.17, 15) is 14.7 Å². The van der Waals surface area contributed by atoms with Crippen LogP contribution < -0.4 is 10.1 Å². The Labute approximate surface area is 129 Å². The summed E-state index contributed by atoms with van der Waals surface area (Å²) >= 11 is 0. The second kappa shape index (κ2) is 5.16. The number of hydrogen-bond acceptors (Lipinski definition) is 3. The first-order valence-electron chi connectivity index (χ1n) is 7.34. The van der Waals surface area contributed by atoms with E-state index < -0.39 is 17.3 Å². The first kappa shape index (κ1) is 14.6. The van der Waals surface area contributed by atoms with Crippen molar-refractivity contribution in [2.75, 3.05) is 12.4 Å². The molecule has 2 N–H and O–H groups in total. The molecular weight excluding hydrogens is 282 g/mol. The number of carboxylic acids is 1. The quantitative estimate of drug-likeness (QED) is 0.838. The van der Waals surface area contributed by atoms with Gasteiger partial charge in [-0.2, -0.15) is 0 Å². The number of rotatable bonds is 4. The van der Waals surface area contributed by atoms with Gasteiger partial charge in [-0.1, -0.05) is 24.3 Å². The third-order valence-corrected chi connectivity index (χ3v) is 5.07. The molecule has 0 saturated heterocycles. The number of carbonyl (C=O) groups excluding carboxylic acids is 1. The Balaban J connectivity index is 1.89. The van der Waals surface area contributed by atoms with Gasteiger partial charge in [-0.25, -0.2) is 0 Å². The van der Waals surface area contributed by atoms with Gasteiger partial charge in [0.05, 0.1) is 24.1 Å². The van der Waals surface area contributed by atoms with Crippen molar-refractivity contribution in [2.24, 2.45) is 23.2 Å². The zero-order valence-electron chi connectivity index (χ0n) is 12.6. The molecule has 4 atom stereocenters. The monoisotopic (exact) mass is 301 g/mol. The fraction of sp³-hybridized carbons (Fsp3) is 0.412. The van der Waals surface area contributed by atoms with Crippen LogP contribution in [0.15, 0.2) is 36.4 Å². The predicted octanol–water partition coefficient (Wildman–Crippen LogP) is 2.55. The van der Waals surface area contributed by atoms with E-state index in [1.54, 1.807) is 25.1 Å². The predicted molar refractivity (Wildman–Crippen MR) is 81.6 cm³/mol. The lowest BCUT2D eigenvalue weighted by atomic mass is 9.69. The first-order valence-corrected chi connectivity index (χ1v) is 7.34. The maximum atomic E-state index is 12.7. The lowest BCUT2D eigenvalue weighted by Crippen LogP contribution is -2.45. The molecule has 1 aromatic rings. The molecule has 1 amide bonds. The van der Waals surface area contributed by atoms with Crippen LogP contribution in [-0.2, 0) is 9.59 Å². The number of hydrogen-bond donors (Lipinski definition) is 2. The number of amides is 1. The summed E-state index contributed by atoms with van der Waals surface area (Å²) in [7, 11) is 1.53. The lowest BCUT2D eigenvalue weighted by molar-refractivity contribution is -0.155. The van der Waals surface area contributed by atoms with Crippen molar-refractivity contribution in [3.05, 3.63) is 36.4 Å². The summed E-state index contributed by atoms with van der Waals surface area (Å²) in [6.07, 6.45) is 4.64. The molecule has 1 aromatic carbocycles. The highest BCUT2D eigenvalue weighted by atomic mass is 16.5. The summed E-state index contributed by atoms with van der Waals surface area (Å²) in [5.41, 5.74) is -0.486. The van der Waals surface area contributed by atoms with E-state index in [1.807, 2.05) is 18.2 Å². The minimum Gasteiger partial charge on any atom is -0.495 e. The molecule has 0 spiro atoms. The number of methoxy groups -OCH3 is 1. The second-order valence-corrected chi connectivity index (χ2v) is 6.15. The van der Waals surface area contributed by atoms with Gasteiger partial charge in [-0.15, -0.1) is 0 Å². The van der Waals surface area contributed by atoms with Crippen LogP contribution in [0.2, 0.25) is 0 Å². The van der Waals surface area contributed by atoms with Gasteiger partial charge in [0.1, 0.15) is 5.75 Å². The minimum absolute atomic E-state index is 0.0131. The molecule has 22 heavy (non-hydrogen) atoms. The van der Waals surface area contributed by atoms with Gasteiger partial charge in [-0.05, 0) is 37.3 Å². The van der Waals surface area contributed by atoms with Crippen molar-refractivity contribution in [1.29, 1.82) is 0 Å². The maximum absolute atomic E-state index is 12.7. The Bertz CT molecular complexity index is 654. The smallest absolute Gasteiger partial charge is 0.310 e. The molecule has 0 aliphatic heterocycles. The molecule has 116 valence electrons. The zero-order valence-corrected chi connectivity index (χ0v) is 12.6. The zero-order chi connectivity index (χ0) is 15.9. The number of aliphatic carboxylic acids is 1. The van der Waals surface area contributed by atoms with Crippen LogP contribution >= 0.6 is 0 Å². The molecule has 0 aromatic heterocycles. The standard InChI is InChI=1S/C17H19NO4/c1-17(16(20)21)11-8-7-10(9-11)14(17)15(19)18-12-5-3-4-6-13(12)22-2/h3-8,10-11,14H,9H2,1-2H3,(H,18,19)(H,20,21)/t10-,11-,14+,17+/m0/s1. The molecule has 0 unspecified atom stereocenters. The average Bonchev–Trinajstić information content (AvgIpc) is 3.07. The summed E-state index contributed by atoms with van der Waals surface area (Å²) in [5.74, 6) is -1.27. The number of allylic oxidation sites excluding steroid dienone is 2. The Morgan fingerprint density at radius 1 is 1.32 bits per heavy atom. The second-order valence-electron chi connectivity index (χ2n) is 6.15. The fourth-order valence-electron chi connectivity index (χ4n) is 3.81. The highest BCUT2D eigenvalue weighted by Gasteiger charge is 2.60. The van der Waals surface area contributed by atoms with Crippen LogP contribution in [-0.4, -0.2) is 24.1 Å². The van der Waals surface area contributed by atoms with Crippen molar-refractivity contribution in [1.82, 2.24) is 0 Å². The van der Waals surface area contributed by atoms with Gasteiger partial charge in [0.25, 0.3) is 0 Å². The van der Waals surface area contributed by atoms with Crippen LogP contribution in [0.25, 0.3) is 0 Å². The fourth-order valence-corrected chi connectivity index (χ4v) is 3.81. The summed E-state index contributed by atoms with van der Waals surface area (Å²) in [4.78, 5) is 24.5. The number of para-hydroxylation sites is 2. The molecule has 0 radical (unpaired) electrons. The van der Waals surface area contributed by atoms with Gasteiger partial charge in [-0.3, -0.25) is 9.59 Å². The number of carbonyl (C=O) groups is 2. The van der Waals surface area contributed by atoms with Crippen LogP contribution in [0, 0.1) is 23.2 Å². The van der Waals surface area contributed by atoms with E-state index >= 15 is 0 Å². The molecule has 1 fully saturated rings. The van der Waals surface area contributed by atoms with Crippen molar-refractivity contribution < 1.29 is 19.4 Å². The van der Waals surface area contributed by atoms with E-state index in [0.29, 0.717) is 11.4 Å². The number of carboxylic acid groups (broad SMARTS) is 1. The van der Waals surface area contributed by atoms with Crippen molar-refractivity contribution in [3.8, 4) is 5.75 Å². The SMILES string of the molecule is COc1ccccc1NC(=O)[C@H]1[C@H]2C=C[C@@H](C2)[C@@]1(C)C(=O)O. The molecule has 1 saturated carbocycles. The van der Waals surface area contributed by atoms with E-state index in [-0.39, 0.29) is 17.7 Å². The molecule has 0 heterocycles. The van der Waals surface area contributed by atoms with Gasteiger partial charge in [0.15, 0.2) is 0 Å². The third-order valence-electron chi connectivity index (χ3n) is 5.07. The summed E-state index contributed by atoms with van der Waals surface area (Å²) < 4.78 is 5.23. The number of fused-ring (bicyclic) bond motifs is 2. The molecule has 2 aliphatic carbocycles. The molecule has 2 bridgehead atoms. The summed E-state index contributed by atoms with van der Waals surface area (Å²) in [6, 6.07) is 7.12. The average molecular weight is 301 g/mol. The summed E-state index contributed by atoms with van der Waals surface area (Å²) in [6.45, 7) is 1.68. The number of benzene rings is 1. The minimum atomic E-state index is -1.05. The summed E-state index contributed by atoms with van der Waals surface area (Å²) in [5, 5.41) is 12.5. The Morgan fingerprint density at radius 3 is 2.73 bits per heavy atom. The Morgan fingerprint density at radius 2 is 2.05 bits per heavy atom. The van der Waals surface area contributed by atoms with Gasteiger partial charge >= 0.3 is 5.97 Å². The van der Waals surface area contributed by atoms with Gasteiger partial charge < -0.3 is 15.2 Å². The number of ether oxygens (including phenoxy) is 1. The normalized spacial score (nSPS) is 32.0. The molecule has 5 nitrogen and oxygen atoms in total. The van der Waals surface area contributed by atoms with Crippen LogP contribution in [0.4, 0.5) is 5.69 Å². The van der Waals surface area contributed by atoms with E-state index in [2.05, 4.69) is 5.32 Å². The number of nitrogens with one attached hydrogen (secondary N) is 1. The van der Waals surface area contributed by atoms with Gasteiger partial charge in [0.2, 0.25) is 5.91 Å². The van der Waals surface area contributed by atoms with Crippen molar-refractivity contribution in [2.45, 2.75) is 13.3 Å². The highest BCUT2D eigenvalue weighted by Crippen LogP contribution is 2.56. The highest BCUT2D eigenvalue weighted by molar-refractivity contribution is 5.98. The molecule has 5 heteroatoms. The van der Waals surface area contributed by atoms with E-state index in [4.69, 9.17) is 4.74 Å². The topological polar surface area (TPSA) is 75.6 Å². The largest absolute Gasteiger partial charge is 0.495 e. The van der Waals surface area contributed by atoms with Crippen LogP contribution in [0.3, 0.4) is 0 Å². The maximum Gasteiger partial charge on any atom is 0.310 e. The molecule has 2 aliphatic rings. The van der Waals surface area contributed by atoms with Crippen LogP contribution in [0.5, 0.6) is 5.75 Å². The van der Waals surface area contributed by atoms with Crippen molar-refractivity contribution >= 4 is 17.6 Å². The number of anilines is 1. The van der Waals surface area contributed by atoms with Crippen molar-refractivity contribution in [3.63, 3.8) is 0 Å². The van der Waals surface area contributed by atoms with Crippen LogP contribution in [0.1, 0.15) is 13.3 Å². The molecular formula is C17H19NO4. The van der Waals surface area contributed by atoms with E-state index in [0.717, 1.165) is 6.42 Å². The lowest BCUT2D eigenvalue weighted by Gasteiger charge is -2.33. The Kier molecular flexibility index (Phi) is 3.43. The first-order chi connectivity index (χ1) is 10.5. The van der Waals surface area contributed by atoms with Gasteiger partial charge in [0, 0.05) is 0 Å². The Hall–Kier alpha value is -2.30.